The molecule has 0 aromatic heterocycles. The van der Waals surface area contributed by atoms with E-state index in [1.54, 1.807) is 13.2 Å². The zero-order chi connectivity index (χ0) is 14.5. The maximum Gasteiger partial charge on any atom is 0.142 e. The van der Waals surface area contributed by atoms with Gasteiger partial charge in [0.25, 0.3) is 0 Å². The Labute approximate surface area is 136 Å². The molecule has 2 nitrogen and oxygen atoms in total. The topological polar surface area (TPSA) is 18.5 Å². The second-order valence-corrected chi connectivity index (χ2v) is 5.55. The van der Waals surface area contributed by atoms with Gasteiger partial charge in [0.05, 0.1) is 12.1 Å². The van der Waals surface area contributed by atoms with Crippen LogP contribution < -0.4 is 9.47 Å². The van der Waals surface area contributed by atoms with Gasteiger partial charge >= 0.3 is 0 Å². The summed E-state index contributed by atoms with van der Waals surface area (Å²) in [5, 5.41) is 1.74. The second kappa shape index (κ2) is 7.21. The summed E-state index contributed by atoms with van der Waals surface area (Å²) in [5.41, 5.74) is 1.97. The van der Waals surface area contributed by atoms with Gasteiger partial charge in [-0.3, -0.25) is 0 Å². The fourth-order valence-electron chi connectivity index (χ4n) is 1.75. The molecule has 106 valence electrons. The zero-order valence-corrected chi connectivity index (χ0v) is 13.9. The van der Waals surface area contributed by atoms with Crippen LogP contribution in [0.4, 0.5) is 0 Å². The van der Waals surface area contributed by atoms with Gasteiger partial charge in [-0.2, -0.15) is 0 Å². The van der Waals surface area contributed by atoms with Gasteiger partial charge in [-0.05, 0) is 29.8 Å². The molecule has 0 atom stereocenters. The van der Waals surface area contributed by atoms with Crippen molar-refractivity contribution >= 4 is 39.1 Å². The van der Waals surface area contributed by atoms with E-state index in [-0.39, 0.29) is 0 Å². The largest absolute Gasteiger partial charge is 0.497 e. The predicted octanol–water partition coefficient (Wildman–Crippen LogP) is 5.48. The number of rotatable bonds is 5. The van der Waals surface area contributed by atoms with Gasteiger partial charge in [0.15, 0.2) is 0 Å². The van der Waals surface area contributed by atoms with Crippen molar-refractivity contribution in [3.8, 4) is 11.5 Å². The van der Waals surface area contributed by atoms with Gasteiger partial charge in [-0.15, -0.1) is 0 Å². The summed E-state index contributed by atoms with van der Waals surface area (Å²) in [6.07, 6.45) is 0. The van der Waals surface area contributed by atoms with Gasteiger partial charge in [0.2, 0.25) is 0 Å². The van der Waals surface area contributed by atoms with Crippen LogP contribution in [0.1, 0.15) is 11.1 Å². The maximum atomic E-state index is 6.18. The summed E-state index contributed by atoms with van der Waals surface area (Å²) in [7, 11) is 1.64. The maximum absolute atomic E-state index is 6.18. The Morgan fingerprint density at radius 2 is 1.80 bits per heavy atom. The average Bonchev–Trinajstić information content (AvgIpc) is 2.46. The lowest BCUT2D eigenvalue weighted by Crippen LogP contribution is -1.99. The molecule has 20 heavy (non-hydrogen) atoms. The Kier molecular flexibility index (Phi) is 5.58. The van der Waals surface area contributed by atoms with Crippen molar-refractivity contribution in [3.63, 3.8) is 0 Å². The summed E-state index contributed by atoms with van der Waals surface area (Å²) in [6.45, 7) is 0.436. The number of ether oxygens (including phenoxy) is 2. The molecule has 0 N–H and O–H groups in total. The van der Waals surface area contributed by atoms with Crippen LogP contribution in [0.2, 0.25) is 10.0 Å². The molecule has 0 aliphatic heterocycles. The lowest BCUT2D eigenvalue weighted by atomic mass is 10.2. The molecule has 2 aromatic rings. The SMILES string of the molecule is COc1ccc(COc2c(Cl)cc(Cl)cc2CBr)cc1. The summed E-state index contributed by atoms with van der Waals surface area (Å²) in [5.74, 6) is 1.48. The number of hydrogen-bond donors (Lipinski definition) is 0. The molecule has 0 aliphatic rings. The van der Waals surface area contributed by atoms with Crippen LogP contribution in [0.3, 0.4) is 0 Å². The first-order chi connectivity index (χ1) is 9.63. The Morgan fingerprint density at radius 3 is 2.40 bits per heavy atom. The van der Waals surface area contributed by atoms with Gasteiger partial charge in [-0.1, -0.05) is 51.3 Å². The lowest BCUT2D eigenvalue weighted by molar-refractivity contribution is 0.304. The minimum Gasteiger partial charge on any atom is -0.497 e. The fraction of sp³-hybridized carbons (Fsp3) is 0.200. The van der Waals surface area contributed by atoms with Crippen LogP contribution in [0, 0.1) is 0 Å². The van der Waals surface area contributed by atoms with E-state index in [1.165, 1.54) is 0 Å². The van der Waals surface area contributed by atoms with Crippen molar-refractivity contribution in [1.82, 2.24) is 0 Å². The standard InChI is InChI=1S/C15H13BrCl2O2/c1-19-13-4-2-10(3-5-13)9-20-15-11(8-16)6-12(17)7-14(15)18/h2-7H,8-9H2,1H3. The minimum absolute atomic E-state index is 0.436. The normalized spacial score (nSPS) is 10.4. The van der Waals surface area contributed by atoms with E-state index in [0.29, 0.717) is 27.7 Å². The van der Waals surface area contributed by atoms with Gasteiger partial charge in [0, 0.05) is 15.9 Å². The van der Waals surface area contributed by atoms with Crippen molar-refractivity contribution in [1.29, 1.82) is 0 Å². The summed E-state index contributed by atoms with van der Waals surface area (Å²) in [4.78, 5) is 0. The van der Waals surface area contributed by atoms with E-state index in [0.717, 1.165) is 16.9 Å². The van der Waals surface area contributed by atoms with E-state index < -0.39 is 0 Å². The molecular formula is C15H13BrCl2O2. The summed E-state index contributed by atoms with van der Waals surface area (Å²) >= 11 is 15.6. The summed E-state index contributed by atoms with van der Waals surface area (Å²) in [6, 6.07) is 11.2. The molecule has 0 saturated carbocycles. The third kappa shape index (κ3) is 3.81. The van der Waals surface area contributed by atoms with Crippen molar-refractivity contribution < 1.29 is 9.47 Å². The smallest absolute Gasteiger partial charge is 0.142 e. The highest BCUT2D eigenvalue weighted by Crippen LogP contribution is 2.34. The first-order valence-electron chi connectivity index (χ1n) is 5.93. The molecule has 2 aromatic carbocycles. The van der Waals surface area contributed by atoms with Crippen LogP contribution in [0.15, 0.2) is 36.4 Å². The van der Waals surface area contributed by atoms with Crippen LogP contribution in [-0.2, 0) is 11.9 Å². The Bertz CT molecular complexity index is 585. The number of hydrogen-bond acceptors (Lipinski definition) is 2. The molecule has 0 heterocycles. The highest BCUT2D eigenvalue weighted by atomic mass is 79.9. The van der Waals surface area contributed by atoms with E-state index >= 15 is 0 Å². The van der Waals surface area contributed by atoms with Crippen LogP contribution in [0.25, 0.3) is 0 Å². The Hall–Kier alpha value is -0.900. The molecule has 0 amide bonds. The third-order valence-corrected chi connectivity index (χ3v) is 3.87. The molecule has 0 radical (unpaired) electrons. The minimum atomic E-state index is 0.436. The molecule has 0 unspecified atom stereocenters. The number of methoxy groups -OCH3 is 1. The van der Waals surface area contributed by atoms with Gasteiger partial charge < -0.3 is 9.47 Å². The molecular weight excluding hydrogens is 363 g/mol. The fourth-order valence-corrected chi connectivity index (χ4v) is 2.76. The van der Waals surface area contributed by atoms with E-state index in [4.69, 9.17) is 32.7 Å². The monoisotopic (exact) mass is 374 g/mol. The second-order valence-electron chi connectivity index (χ2n) is 4.15. The molecule has 5 heteroatoms. The number of benzene rings is 2. The van der Waals surface area contributed by atoms with E-state index in [2.05, 4.69) is 15.9 Å². The van der Waals surface area contributed by atoms with E-state index in [1.807, 2.05) is 30.3 Å². The van der Waals surface area contributed by atoms with Crippen molar-refractivity contribution in [2.75, 3.05) is 7.11 Å². The molecule has 2 rings (SSSR count). The molecule has 0 aliphatic carbocycles. The first kappa shape index (κ1) is 15.5. The third-order valence-electron chi connectivity index (χ3n) is 2.77. The average molecular weight is 376 g/mol. The summed E-state index contributed by atoms with van der Waals surface area (Å²) < 4.78 is 10.9. The highest BCUT2D eigenvalue weighted by molar-refractivity contribution is 9.08. The van der Waals surface area contributed by atoms with Crippen molar-refractivity contribution in [2.45, 2.75) is 11.9 Å². The molecule has 0 spiro atoms. The van der Waals surface area contributed by atoms with Crippen LogP contribution >= 0.6 is 39.1 Å². The van der Waals surface area contributed by atoms with Gasteiger partial charge in [0.1, 0.15) is 18.1 Å². The lowest BCUT2D eigenvalue weighted by Gasteiger charge is -2.13. The van der Waals surface area contributed by atoms with Crippen molar-refractivity contribution in [2.24, 2.45) is 0 Å². The predicted molar refractivity (Wildman–Crippen MR) is 86.4 cm³/mol. The van der Waals surface area contributed by atoms with Crippen molar-refractivity contribution in [3.05, 3.63) is 57.6 Å². The first-order valence-corrected chi connectivity index (χ1v) is 7.81. The van der Waals surface area contributed by atoms with E-state index in [9.17, 15) is 0 Å². The Morgan fingerprint density at radius 1 is 1.10 bits per heavy atom. The number of alkyl halides is 1. The van der Waals surface area contributed by atoms with Gasteiger partial charge in [-0.25, -0.2) is 0 Å². The van der Waals surface area contributed by atoms with Crippen LogP contribution in [-0.4, -0.2) is 7.11 Å². The van der Waals surface area contributed by atoms with Crippen LogP contribution in [0.5, 0.6) is 11.5 Å². The number of halogens is 3. The Balaban J connectivity index is 2.13. The quantitative estimate of drug-likeness (QED) is 0.644. The molecule has 0 saturated heterocycles. The highest BCUT2D eigenvalue weighted by Gasteiger charge is 2.10. The zero-order valence-electron chi connectivity index (χ0n) is 10.8. The molecule has 0 fully saturated rings. The molecule has 0 bridgehead atoms.